The Morgan fingerprint density at radius 2 is 1.95 bits per heavy atom. The van der Waals surface area contributed by atoms with Gasteiger partial charge in [-0.25, -0.2) is 13.4 Å². The van der Waals surface area contributed by atoms with Crippen LogP contribution in [0.1, 0.15) is 52.1 Å². The van der Waals surface area contributed by atoms with Crippen molar-refractivity contribution in [1.82, 2.24) is 24.1 Å². The van der Waals surface area contributed by atoms with Crippen molar-refractivity contribution in [3.63, 3.8) is 0 Å². The lowest BCUT2D eigenvalue weighted by atomic mass is 9.91. The summed E-state index contributed by atoms with van der Waals surface area (Å²) < 4.78 is 35.9. The van der Waals surface area contributed by atoms with Crippen molar-refractivity contribution in [2.24, 2.45) is 13.0 Å². The van der Waals surface area contributed by atoms with Crippen LogP contribution in [0.25, 0.3) is 22.4 Å². The largest absolute Gasteiger partial charge is 0.493 e. The molecule has 1 saturated heterocycles. The zero-order chi connectivity index (χ0) is 28.3. The molecule has 39 heavy (non-hydrogen) atoms. The zero-order valence-corrected chi connectivity index (χ0v) is 23.4. The first kappa shape index (κ1) is 28.5. The molecule has 0 saturated carbocycles. The van der Waals surface area contributed by atoms with Crippen LogP contribution < -0.4 is 10.3 Å². The van der Waals surface area contributed by atoms with Gasteiger partial charge in [-0.15, -0.1) is 10.1 Å². The van der Waals surface area contributed by atoms with Crippen LogP contribution in [0.5, 0.6) is 5.75 Å². The van der Waals surface area contributed by atoms with Crippen molar-refractivity contribution in [3.8, 4) is 17.1 Å². The van der Waals surface area contributed by atoms with Crippen LogP contribution in [0, 0.1) is 16.0 Å². The highest BCUT2D eigenvalue weighted by atomic mass is 32.2. The van der Waals surface area contributed by atoms with E-state index in [4.69, 9.17) is 14.6 Å². The van der Waals surface area contributed by atoms with Crippen LogP contribution >= 0.6 is 0 Å². The summed E-state index contributed by atoms with van der Waals surface area (Å²) in [5.41, 5.74) is 1.48. The molecule has 0 bridgehead atoms. The molecule has 1 aliphatic rings. The minimum absolute atomic E-state index is 0.0377. The lowest BCUT2D eigenvalue weighted by molar-refractivity contribution is -0.770. The van der Waals surface area contributed by atoms with Gasteiger partial charge in [0.2, 0.25) is 10.0 Å². The quantitative estimate of drug-likeness (QED) is 0.273. The maximum absolute atomic E-state index is 13.6. The molecule has 0 amide bonds. The molecule has 0 unspecified atom stereocenters. The second kappa shape index (κ2) is 11.7. The van der Waals surface area contributed by atoms with Crippen LogP contribution in [-0.4, -0.2) is 63.4 Å². The van der Waals surface area contributed by atoms with Crippen molar-refractivity contribution in [2.75, 3.05) is 19.7 Å². The Bertz CT molecular complexity index is 1510. The molecule has 1 aliphatic heterocycles. The summed E-state index contributed by atoms with van der Waals surface area (Å²) in [4.78, 5) is 36.1. The van der Waals surface area contributed by atoms with Crippen molar-refractivity contribution >= 4 is 21.1 Å². The van der Waals surface area contributed by atoms with Gasteiger partial charge in [-0.2, -0.15) is 9.40 Å². The Balaban J connectivity index is 1.69. The fourth-order valence-corrected chi connectivity index (χ4v) is 6.65. The highest BCUT2D eigenvalue weighted by Crippen LogP contribution is 2.34. The molecule has 1 fully saturated rings. The average molecular weight is 563 g/mol. The fraction of sp³-hybridized carbons (Fsp3) is 0.560. The normalized spacial score (nSPS) is 15.9. The van der Waals surface area contributed by atoms with Crippen LogP contribution in [0.4, 0.5) is 0 Å². The molecular weight excluding hydrogens is 528 g/mol. The second-order valence-electron chi connectivity index (χ2n) is 9.54. The molecule has 1 atom stereocenters. The molecule has 4 rings (SSSR count). The van der Waals surface area contributed by atoms with E-state index in [1.807, 2.05) is 20.8 Å². The maximum Gasteiger partial charge on any atom is 0.294 e. The molecule has 14 heteroatoms. The van der Waals surface area contributed by atoms with E-state index in [1.165, 1.54) is 21.1 Å². The predicted octanol–water partition coefficient (Wildman–Crippen LogP) is 3.06. The van der Waals surface area contributed by atoms with Crippen molar-refractivity contribution in [3.05, 3.63) is 44.4 Å². The monoisotopic (exact) mass is 562 g/mol. The summed E-state index contributed by atoms with van der Waals surface area (Å²) in [6.07, 6.45) is 2.26. The lowest BCUT2D eigenvalue weighted by Gasteiger charge is -2.34. The van der Waals surface area contributed by atoms with Gasteiger partial charge < -0.3 is 14.6 Å². The number of fused-ring (bicyclic) bond motifs is 1. The number of aromatic nitrogens is 4. The maximum atomic E-state index is 13.6. The number of hydrogen-bond acceptors (Lipinski definition) is 9. The molecule has 3 aromatic rings. The number of nitrogens with one attached hydrogen (secondary N) is 1. The summed E-state index contributed by atoms with van der Waals surface area (Å²) in [5, 5.41) is 14.5. The summed E-state index contributed by atoms with van der Waals surface area (Å²) in [7, 11) is -2.21. The molecule has 212 valence electrons. The van der Waals surface area contributed by atoms with E-state index in [9.17, 15) is 23.3 Å². The van der Waals surface area contributed by atoms with Crippen molar-refractivity contribution < 1.29 is 23.1 Å². The minimum atomic E-state index is -3.90. The van der Waals surface area contributed by atoms with Gasteiger partial charge in [0, 0.05) is 20.1 Å². The number of aromatic amines is 1. The van der Waals surface area contributed by atoms with E-state index in [1.54, 1.807) is 13.1 Å². The lowest BCUT2D eigenvalue weighted by Crippen LogP contribution is -2.42. The first-order valence-electron chi connectivity index (χ1n) is 13.1. The standard InChI is InChI=1S/C25H34N6O7S/c1-5-8-19-22-23(29(4)28-19)25(32)27-24(26-22)18-15-17(9-10-21(18)37-7-3)39(35,36)30-13-11-16(12-14-30)20(6-2)38-31(33)34/h9-10,15-16,20H,5-8,11-14H2,1-4H3,(H,26,27,32)/t20-/m0/s1. The van der Waals surface area contributed by atoms with Crippen molar-refractivity contribution in [1.29, 1.82) is 0 Å². The molecule has 0 spiro atoms. The van der Waals surface area contributed by atoms with E-state index >= 15 is 0 Å². The molecule has 2 aromatic heterocycles. The Kier molecular flexibility index (Phi) is 8.54. The third-order valence-electron chi connectivity index (χ3n) is 7.04. The predicted molar refractivity (Wildman–Crippen MR) is 143 cm³/mol. The number of nitrogens with zero attached hydrogens (tertiary/aromatic N) is 5. The number of sulfonamides is 1. The van der Waals surface area contributed by atoms with Gasteiger partial charge in [-0.3, -0.25) is 9.48 Å². The number of benzene rings is 1. The van der Waals surface area contributed by atoms with E-state index in [0.717, 1.165) is 6.42 Å². The van der Waals surface area contributed by atoms with Gasteiger partial charge in [0.25, 0.3) is 10.6 Å². The first-order chi connectivity index (χ1) is 18.6. The molecule has 0 aliphatic carbocycles. The van der Waals surface area contributed by atoms with Gasteiger partial charge in [-0.1, -0.05) is 20.3 Å². The van der Waals surface area contributed by atoms with Crippen molar-refractivity contribution in [2.45, 2.75) is 63.9 Å². The van der Waals surface area contributed by atoms with E-state index in [0.29, 0.717) is 60.3 Å². The third-order valence-corrected chi connectivity index (χ3v) is 8.94. The smallest absolute Gasteiger partial charge is 0.294 e. The third kappa shape index (κ3) is 5.76. The van der Waals surface area contributed by atoms with Gasteiger partial charge in [0.05, 0.1) is 22.8 Å². The number of piperidine rings is 1. The van der Waals surface area contributed by atoms with Gasteiger partial charge >= 0.3 is 0 Å². The first-order valence-corrected chi connectivity index (χ1v) is 14.6. The van der Waals surface area contributed by atoms with E-state index < -0.39 is 21.2 Å². The summed E-state index contributed by atoms with van der Waals surface area (Å²) in [6.45, 7) is 6.39. The molecular formula is C25H34N6O7S. The Morgan fingerprint density at radius 1 is 1.23 bits per heavy atom. The van der Waals surface area contributed by atoms with Crippen LogP contribution in [-0.2, 0) is 28.3 Å². The van der Waals surface area contributed by atoms with Gasteiger partial charge in [-0.05, 0) is 56.7 Å². The van der Waals surface area contributed by atoms with E-state index in [-0.39, 0.29) is 35.3 Å². The highest BCUT2D eigenvalue weighted by molar-refractivity contribution is 7.89. The number of rotatable bonds is 11. The van der Waals surface area contributed by atoms with E-state index in [2.05, 4.69) is 10.1 Å². The highest BCUT2D eigenvalue weighted by Gasteiger charge is 2.34. The van der Waals surface area contributed by atoms with Crippen LogP contribution in [0.3, 0.4) is 0 Å². The second-order valence-corrected chi connectivity index (χ2v) is 11.5. The van der Waals surface area contributed by atoms with Gasteiger partial charge in [0.15, 0.2) is 5.52 Å². The Labute approximate surface area is 226 Å². The summed E-state index contributed by atoms with van der Waals surface area (Å²) in [6, 6.07) is 4.51. The number of hydrogen-bond donors (Lipinski definition) is 1. The number of ether oxygens (including phenoxy) is 1. The Hall–Kier alpha value is -3.52. The topological polar surface area (TPSA) is 163 Å². The molecule has 13 nitrogen and oxygen atoms in total. The van der Waals surface area contributed by atoms with Gasteiger partial charge in [0.1, 0.15) is 23.2 Å². The Morgan fingerprint density at radius 3 is 2.56 bits per heavy atom. The number of aryl methyl sites for hydroxylation is 2. The molecule has 3 heterocycles. The zero-order valence-electron chi connectivity index (χ0n) is 22.5. The molecule has 1 N–H and O–H groups in total. The molecule has 1 aromatic carbocycles. The summed E-state index contributed by atoms with van der Waals surface area (Å²) in [5.74, 6) is 0.474. The SMILES string of the molecule is CCCc1nn(C)c2c(=O)[nH]c(-c3cc(S(=O)(=O)N4CCC([C@H](CC)O[N+](=O)[O-])CC4)ccc3OCC)nc12. The van der Waals surface area contributed by atoms with Crippen LogP contribution in [0.15, 0.2) is 27.9 Å². The average Bonchev–Trinajstić information content (AvgIpc) is 3.23. The summed E-state index contributed by atoms with van der Waals surface area (Å²) >= 11 is 0. The minimum Gasteiger partial charge on any atom is -0.493 e. The fourth-order valence-electron chi connectivity index (χ4n) is 5.16. The van der Waals surface area contributed by atoms with Crippen LogP contribution in [0.2, 0.25) is 0 Å². The number of H-pyrrole nitrogens is 1. The molecule has 0 radical (unpaired) electrons.